The first kappa shape index (κ1) is 9.64. The Balaban J connectivity index is 2.68. The Morgan fingerprint density at radius 2 is 1.87 bits per heavy atom. The molecule has 0 unspecified atom stereocenters. The Hall–Kier alpha value is -1.91. The van der Waals surface area contributed by atoms with E-state index in [0.29, 0.717) is 5.69 Å². The zero-order chi connectivity index (χ0) is 11.0. The number of phenolic OH excluding ortho intramolecular Hbond substituents is 1. The number of imidazole rings is 1. The van der Waals surface area contributed by atoms with Crippen LogP contribution in [0.25, 0.3) is 11.3 Å². The largest absolute Gasteiger partial charge is 0.508 e. The van der Waals surface area contributed by atoms with Crippen molar-refractivity contribution in [3.8, 4) is 17.0 Å². The zero-order valence-electron chi connectivity index (χ0n) is 7.91. The number of nitrogens with zero attached hydrogens (tertiary/aromatic N) is 2. The van der Waals surface area contributed by atoms with Crippen molar-refractivity contribution in [3.63, 3.8) is 0 Å². The summed E-state index contributed by atoms with van der Waals surface area (Å²) in [5, 5.41) is 8.98. The van der Waals surface area contributed by atoms with E-state index in [9.17, 15) is 8.78 Å². The Labute approximate surface area is 84.6 Å². The fourth-order valence-corrected chi connectivity index (χ4v) is 1.40. The summed E-state index contributed by atoms with van der Waals surface area (Å²) < 4.78 is 28.3. The summed E-state index contributed by atoms with van der Waals surface area (Å²) in [4.78, 5) is 3.77. The van der Waals surface area contributed by atoms with Gasteiger partial charge in [-0.2, -0.15) is 0 Å². The molecule has 0 radical (unpaired) electrons. The van der Waals surface area contributed by atoms with E-state index in [1.54, 1.807) is 7.05 Å². The van der Waals surface area contributed by atoms with Gasteiger partial charge in [0.1, 0.15) is 17.4 Å². The number of benzene rings is 1. The predicted molar refractivity (Wildman–Crippen MR) is 50.2 cm³/mol. The molecule has 0 bridgehead atoms. The minimum Gasteiger partial charge on any atom is -0.508 e. The van der Waals surface area contributed by atoms with Gasteiger partial charge in [-0.15, -0.1) is 0 Å². The molecule has 0 amide bonds. The molecule has 0 fully saturated rings. The van der Waals surface area contributed by atoms with Gasteiger partial charge in [0.05, 0.1) is 23.8 Å². The van der Waals surface area contributed by atoms with Crippen LogP contribution in [0.4, 0.5) is 8.78 Å². The highest BCUT2D eigenvalue weighted by molar-refractivity contribution is 5.61. The molecular formula is C10H8F2N2O. The first-order valence-electron chi connectivity index (χ1n) is 4.24. The van der Waals surface area contributed by atoms with E-state index in [1.807, 2.05) is 0 Å². The fraction of sp³-hybridized carbons (Fsp3) is 0.100. The molecule has 2 rings (SSSR count). The molecule has 1 N–H and O–H groups in total. The number of aryl methyl sites for hydroxylation is 1. The number of halogens is 2. The Bertz CT molecular complexity index is 485. The second-order valence-corrected chi connectivity index (χ2v) is 3.17. The third kappa shape index (κ3) is 1.56. The van der Waals surface area contributed by atoms with Crippen LogP contribution in [0.1, 0.15) is 0 Å². The van der Waals surface area contributed by atoms with Gasteiger partial charge in [0.25, 0.3) is 0 Å². The SMILES string of the molecule is Cn1cncc1-c1c(F)cc(O)cc1F. The molecule has 0 aliphatic rings. The van der Waals surface area contributed by atoms with Crippen molar-refractivity contribution in [1.29, 1.82) is 0 Å². The molecule has 2 aromatic rings. The van der Waals surface area contributed by atoms with E-state index >= 15 is 0 Å². The molecule has 1 aromatic carbocycles. The van der Waals surface area contributed by atoms with E-state index in [4.69, 9.17) is 5.11 Å². The smallest absolute Gasteiger partial charge is 0.139 e. The summed E-state index contributed by atoms with van der Waals surface area (Å²) >= 11 is 0. The molecular weight excluding hydrogens is 202 g/mol. The van der Waals surface area contributed by atoms with Gasteiger partial charge >= 0.3 is 0 Å². The van der Waals surface area contributed by atoms with Gasteiger partial charge in [0.2, 0.25) is 0 Å². The van der Waals surface area contributed by atoms with Gasteiger partial charge in [0.15, 0.2) is 0 Å². The van der Waals surface area contributed by atoms with Crippen LogP contribution in [0.2, 0.25) is 0 Å². The van der Waals surface area contributed by atoms with E-state index < -0.39 is 17.4 Å². The highest BCUT2D eigenvalue weighted by Crippen LogP contribution is 2.28. The van der Waals surface area contributed by atoms with E-state index in [-0.39, 0.29) is 5.56 Å². The van der Waals surface area contributed by atoms with Crippen molar-refractivity contribution in [2.45, 2.75) is 0 Å². The molecule has 0 aliphatic carbocycles. The lowest BCUT2D eigenvalue weighted by molar-refractivity contribution is 0.461. The van der Waals surface area contributed by atoms with Crippen molar-refractivity contribution >= 4 is 0 Å². The van der Waals surface area contributed by atoms with Crippen molar-refractivity contribution in [2.75, 3.05) is 0 Å². The average Bonchev–Trinajstić information content (AvgIpc) is 2.50. The molecule has 0 saturated carbocycles. The fourth-order valence-electron chi connectivity index (χ4n) is 1.40. The molecule has 15 heavy (non-hydrogen) atoms. The lowest BCUT2D eigenvalue weighted by Gasteiger charge is -2.05. The summed E-state index contributed by atoms with van der Waals surface area (Å²) in [5.41, 5.74) is 0.137. The predicted octanol–water partition coefficient (Wildman–Crippen LogP) is 2.07. The van der Waals surface area contributed by atoms with Crippen molar-refractivity contribution < 1.29 is 13.9 Å². The molecule has 0 atom stereocenters. The number of aromatic hydroxyl groups is 1. The monoisotopic (exact) mass is 210 g/mol. The van der Waals surface area contributed by atoms with Crippen molar-refractivity contribution in [1.82, 2.24) is 9.55 Å². The Morgan fingerprint density at radius 3 is 2.33 bits per heavy atom. The van der Waals surface area contributed by atoms with Crippen LogP contribution in [0.3, 0.4) is 0 Å². The lowest BCUT2D eigenvalue weighted by atomic mass is 10.1. The molecule has 0 aliphatic heterocycles. The van der Waals surface area contributed by atoms with Crippen LogP contribution in [-0.2, 0) is 7.05 Å². The molecule has 5 heteroatoms. The van der Waals surface area contributed by atoms with E-state index in [2.05, 4.69) is 4.98 Å². The molecule has 0 saturated heterocycles. The molecule has 0 spiro atoms. The molecule has 3 nitrogen and oxygen atoms in total. The second-order valence-electron chi connectivity index (χ2n) is 3.17. The summed E-state index contributed by atoms with van der Waals surface area (Å²) in [5.74, 6) is -2.05. The first-order valence-corrected chi connectivity index (χ1v) is 4.24. The maximum Gasteiger partial charge on any atom is 0.139 e. The van der Waals surface area contributed by atoms with Gasteiger partial charge in [-0.25, -0.2) is 13.8 Å². The third-order valence-electron chi connectivity index (χ3n) is 2.10. The summed E-state index contributed by atoms with van der Waals surface area (Å²) in [6.07, 6.45) is 2.81. The van der Waals surface area contributed by atoms with Gasteiger partial charge < -0.3 is 9.67 Å². The van der Waals surface area contributed by atoms with Gasteiger partial charge in [-0.1, -0.05) is 0 Å². The highest BCUT2D eigenvalue weighted by atomic mass is 19.1. The minimum absolute atomic E-state index is 0.187. The van der Waals surface area contributed by atoms with E-state index in [0.717, 1.165) is 12.1 Å². The topological polar surface area (TPSA) is 38.0 Å². The molecule has 78 valence electrons. The Morgan fingerprint density at radius 1 is 1.27 bits per heavy atom. The average molecular weight is 210 g/mol. The van der Waals surface area contributed by atoms with Gasteiger partial charge in [-0.05, 0) is 0 Å². The zero-order valence-corrected chi connectivity index (χ0v) is 7.91. The van der Waals surface area contributed by atoms with Crippen LogP contribution >= 0.6 is 0 Å². The lowest BCUT2D eigenvalue weighted by Crippen LogP contribution is -1.95. The van der Waals surface area contributed by atoms with Crippen LogP contribution < -0.4 is 0 Å². The van der Waals surface area contributed by atoms with Gasteiger partial charge in [-0.3, -0.25) is 0 Å². The molecule has 1 heterocycles. The number of phenols is 1. The van der Waals surface area contributed by atoms with Crippen LogP contribution in [0.15, 0.2) is 24.7 Å². The second kappa shape index (κ2) is 3.34. The number of rotatable bonds is 1. The maximum atomic E-state index is 13.4. The number of hydrogen-bond donors (Lipinski definition) is 1. The Kier molecular flexibility index (Phi) is 2.15. The van der Waals surface area contributed by atoms with Crippen LogP contribution in [-0.4, -0.2) is 14.7 Å². The van der Waals surface area contributed by atoms with Crippen LogP contribution in [0, 0.1) is 11.6 Å². The molecule has 1 aromatic heterocycles. The quantitative estimate of drug-likeness (QED) is 0.782. The normalized spacial score (nSPS) is 10.6. The van der Waals surface area contributed by atoms with Crippen molar-refractivity contribution in [2.24, 2.45) is 7.05 Å². The number of hydrogen-bond acceptors (Lipinski definition) is 2. The highest BCUT2D eigenvalue weighted by Gasteiger charge is 2.15. The summed E-state index contributed by atoms with van der Waals surface area (Å²) in [7, 11) is 1.63. The maximum absolute atomic E-state index is 13.4. The van der Waals surface area contributed by atoms with Crippen LogP contribution in [0.5, 0.6) is 5.75 Å². The summed E-state index contributed by atoms with van der Waals surface area (Å²) in [6, 6.07) is 1.73. The minimum atomic E-state index is -0.809. The number of aromatic nitrogens is 2. The van der Waals surface area contributed by atoms with E-state index in [1.165, 1.54) is 17.1 Å². The third-order valence-corrected chi connectivity index (χ3v) is 2.10. The van der Waals surface area contributed by atoms with Crippen molar-refractivity contribution in [3.05, 3.63) is 36.3 Å². The first-order chi connectivity index (χ1) is 7.09. The standard InChI is InChI=1S/C10H8F2N2O/c1-14-5-13-4-9(14)10-7(11)2-6(15)3-8(10)12/h2-5,15H,1H3. The summed E-state index contributed by atoms with van der Waals surface area (Å²) in [6.45, 7) is 0. The van der Waals surface area contributed by atoms with Gasteiger partial charge in [0, 0.05) is 19.2 Å².